The number of nitrogens with one attached hydrogen (secondary N) is 1. The van der Waals surface area contributed by atoms with Crippen molar-refractivity contribution in [1.29, 1.82) is 0 Å². The van der Waals surface area contributed by atoms with Gasteiger partial charge in [-0.25, -0.2) is 13.4 Å². The second kappa shape index (κ2) is 6.17. The third kappa shape index (κ3) is 3.24. The summed E-state index contributed by atoms with van der Waals surface area (Å²) in [4.78, 5) is 4.02. The summed E-state index contributed by atoms with van der Waals surface area (Å²) in [6.07, 6.45) is 3.07. The van der Waals surface area contributed by atoms with E-state index in [1.54, 1.807) is 24.4 Å². The molecule has 2 rings (SSSR count). The zero-order valence-corrected chi connectivity index (χ0v) is 12.2. The van der Waals surface area contributed by atoms with Gasteiger partial charge in [-0.2, -0.15) is 4.31 Å². The smallest absolute Gasteiger partial charge is 0.260 e. The lowest BCUT2D eigenvalue weighted by Gasteiger charge is -2.15. The fourth-order valence-corrected chi connectivity index (χ4v) is 2.78. The van der Waals surface area contributed by atoms with Crippen LogP contribution in [0.25, 0.3) is 0 Å². The van der Waals surface area contributed by atoms with Gasteiger partial charge in [0.2, 0.25) is 0 Å². The highest BCUT2D eigenvalue weighted by molar-refractivity contribution is 7.89. The molecule has 0 aliphatic heterocycles. The van der Waals surface area contributed by atoms with Crippen molar-refractivity contribution in [3.63, 3.8) is 0 Å². The Morgan fingerprint density at radius 2 is 2.15 bits per heavy atom. The van der Waals surface area contributed by atoms with Crippen molar-refractivity contribution in [2.45, 2.75) is 18.1 Å². The average molecular weight is 295 g/mol. The summed E-state index contributed by atoms with van der Waals surface area (Å²) in [5, 5.41) is 3.02. The fraction of sp³-hybridized carbons (Fsp3) is 0.308. The van der Waals surface area contributed by atoms with Gasteiger partial charge in [0.05, 0.1) is 12.8 Å². The number of nitrogens with zero attached hydrogens (tertiary/aromatic N) is 2. The molecular formula is C13H17N3O3S. The molecule has 2 aromatic rings. The second-order valence-electron chi connectivity index (χ2n) is 4.38. The molecule has 0 aliphatic rings. The molecular weight excluding hydrogens is 278 g/mol. The maximum atomic E-state index is 12.3. The van der Waals surface area contributed by atoms with Crippen molar-refractivity contribution in [1.82, 2.24) is 14.6 Å². The molecule has 0 spiro atoms. The van der Waals surface area contributed by atoms with Gasteiger partial charge in [-0.1, -0.05) is 6.07 Å². The predicted molar refractivity (Wildman–Crippen MR) is 74.4 cm³/mol. The number of furan rings is 1. The molecule has 0 fully saturated rings. The van der Waals surface area contributed by atoms with E-state index in [-0.39, 0.29) is 11.6 Å². The first-order valence-electron chi connectivity index (χ1n) is 6.12. The van der Waals surface area contributed by atoms with Gasteiger partial charge < -0.3 is 9.73 Å². The molecule has 2 aromatic heterocycles. The number of aromatic nitrogens is 1. The van der Waals surface area contributed by atoms with Crippen molar-refractivity contribution in [3.8, 4) is 0 Å². The molecule has 0 bridgehead atoms. The van der Waals surface area contributed by atoms with Gasteiger partial charge in [0.15, 0.2) is 5.03 Å². The first kappa shape index (κ1) is 14.7. The summed E-state index contributed by atoms with van der Waals surface area (Å²) in [5.74, 6) is 0.586. The quantitative estimate of drug-likeness (QED) is 0.867. The van der Waals surface area contributed by atoms with Gasteiger partial charge in [-0.15, -0.1) is 0 Å². The van der Waals surface area contributed by atoms with E-state index in [0.717, 1.165) is 5.56 Å². The van der Waals surface area contributed by atoms with E-state index < -0.39 is 10.0 Å². The summed E-state index contributed by atoms with van der Waals surface area (Å²) in [6.45, 7) is 0.824. The minimum atomic E-state index is -3.60. The molecule has 0 saturated heterocycles. The maximum absolute atomic E-state index is 12.3. The van der Waals surface area contributed by atoms with Crippen molar-refractivity contribution in [3.05, 3.63) is 48.0 Å². The fourth-order valence-electron chi connectivity index (χ4n) is 1.74. The Balaban J connectivity index is 2.16. The van der Waals surface area contributed by atoms with E-state index in [4.69, 9.17) is 4.42 Å². The SMILES string of the molecule is CNCc1ccc(S(=O)(=O)N(C)Cc2ccco2)nc1. The number of hydrogen-bond acceptors (Lipinski definition) is 5. The molecule has 0 unspecified atom stereocenters. The summed E-state index contributed by atoms with van der Waals surface area (Å²) in [7, 11) is -0.283. The highest BCUT2D eigenvalue weighted by Crippen LogP contribution is 2.15. The largest absolute Gasteiger partial charge is 0.468 e. The van der Waals surface area contributed by atoms with Crippen LogP contribution < -0.4 is 5.32 Å². The molecule has 108 valence electrons. The van der Waals surface area contributed by atoms with E-state index in [1.807, 2.05) is 7.05 Å². The van der Waals surface area contributed by atoms with Crippen LogP contribution >= 0.6 is 0 Å². The van der Waals surface area contributed by atoms with Gasteiger partial charge >= 0.3 is 0 Å². The molecule has 6 nitrogen and oxygen atoms in total. The van der Waals surface area contributed by atoms with E-state index in [1.165, 1.54) is 23.7 Å². The highest BCUT2D eigenvalue weighted by atomic mass is 32.2. The lowest BCUT2D eigenvalue weighted by atomic mass is 10.3. The zero-order valence-electron chi connectivity index (χ0n) is 11.4. The minimum absolute atomic E-state index is 0.0337. The Morgan fingerprint density at radius 3 is 2.70 bits per heavy atom. The average Bonchev–Trinajstić information content (AvgIpc) is 2.92. The van der Waals surface area contributed by atoms with E-state index >= 15 is 0 Å². The van der Waals surface area contributed by atoms with Crippen LogP contribution in [-0.4, -0.2) is 31.8 Å². The lowest BCUT2D eigenvalue weighted by Crippen LogP contribution is -2.27. The third-order valence-electron chi connectivity index (χ3n) is 2.81. The predicted octanol–water partition coefficient (Wildman–Crippen LogP) is 1.21. The van der Waals surface area contributed by atoms with Crippen molar-refractivity contribution in [2.75, 3.05) is 14.1 Å². The van der Waals surface area contributed by atoms with Crippen LogP contribution in [-0.2, 0) is 23.1 Å². The van der Waals surface area contributed by atoms with Crippen molar-refractivity contribution < 1.29 is 12.8 Å². The molecule has 1 N–H and O–H groups in total. The van der Waals surface area contributed by atoms with Gasteiger partial charge in [0, 0.05) is 19.8 Å². The Morgan fingerprint density at radius 1 is 1.35 bits per heavy atom. The molecule has 20 heavy (non-hydrogen) atoms. The monoisotopic (exact) mass is 295 g/mol. The minimum Gasteiger partial charge on any atom is -0.468 e. The summed E-state index contributed by atoms with van der Waals surface area (Å²) in [5.41, 5.74) is 0.931. The zero-order chi connectivity index (χ0) is 14.6. The van der Waals surface area contributed by atoms with Crippen LogP contribution in [0.3, 0.4) is 0 Å². The van der Waals surface area contributed by atoms with Crippen LogP contribution in [0.2, 0.25) is 0 Å². The molecule has 0 radical (unpaired) electrons. The standard InChI is InChI=1S/C13H17N3O3S/c1-14-8-11-5-6-13(15-9-11)20(17,18)16(2)10-12-4-3-7-19-12/h3-7,9,14H,8,10H2,1-2H3. The number of rotatable bonds is 6. The third-order valence-corrected chi connectivity index (χ3v) is 4.53. The summed E-state index contributed by atoms with van der Waals surface area (Å²) >= 11 is 0. The molecule has 7 heteroatoms. The van der Waals surface area contributed by atoms with Gasteiger partial charge in [-0.3, -0.25) is 0 Å². The highest BCUT2D eigenvalue weighted by Gasteiger charge is 2.22. The summed E-state index contributed by atoms with van der Waals surface area (Å²) in [6, 6.07) is 6.72. The van der Waals surface area contributed by atoms with Gasteiger partial charge in [-0.05, 0) is 30.8 Å². The molecule has 0 amide bonds. The number of pyridine rings is 1. The Kier molecular flexibility index (Phi) is 4.53. The Labute approximate surface area is 118 Å². The molecule has 0 aliphatic carbocycles. The maximum Gasteiger partial charge on any atom is 0.260 e. The van der Waals surface area contributed by atoms with Crippen molar-refractivity contribution in [2.24, 2.45) is 0 Å². The Hall–Kier alpha value is -1.70. The molecule has 0 aromatic carbocycles. The van der Waals surface area contributed by atoms with Crippen molar-refractivity contribution >= 4 is 10.0 Å². The van der Waals surface area contributed by atoms with Gasteiger partial charge in [0.1, 0.15) is 5.76 Å². The van der Waals surface area contributed by atoms with Crippen LogP contribution in [0.15, 0.2) is 46.2 Å². The first-order valence-corrected chi connectivity index (χ1v) is 7.56. The molecule has 0 atom stereocenters. The summed E-state index contributed by atoms with van der Waals surface area (Å²) < 4.78 is 31.0. The number of sulfonamides is 1. The lowest BCUT2D eigenvalue weighted by molar-refractivity contribution is 0.405. The normalized spacial score (nSPS) is 11.9. The topological polar surface area (TPSA) is 75.4 Å². The van der Waals surface area contributed by atoms with E-state index in [9.17, 15) is 8.42 Å². The van der Waals surface area contributed by atoms with Crippen LogP contribution in [0.4, 0.5) is 0 Å². The van der Waals surface area contributed by atoms with Crippen LogP contribution in [0.5, 0.6) is 0 Å². The Bertz CT molecular complexity index is 636. The number of hydrogen-bond donors (Lipinski definition) is 1. The van der Waals surface area contributed by atoms with E-state index in [0.29, 0.717) is 12.3 Å². The molecule has 2 heterocycles. The van der Waals surface area contributed by atoms with Gasteiger partial charge in [0.25, 0.3) is 10.0 Å². The second-order valence-corrected chi connectivity index (χ2v) is 6.37. The van der Waals surface area contributed by atoms with E-state index in [2.05, 4.69) is 10.3 Å². The van der Waals surface area contributed by atoms with Crippen LogP contribution in [0.1, 0.15) is 11.3 Å². The van der Waals surface area contributed by atoms with Crippen LogP contribution in [0, 0.1) is 0 Å². The first-order chi connectivity index (χ1) is 9.54. The molecule has 0 saturated carbocycles.